The summed E-state index contributed by atoms with van der Waals surface area (Å²) >= 11 is 1.30. The summed E-state index contributed by atoms with van der Waals surface area (Å²) in [6.45, 7) is 2.62. The van der Waals surface area contributed by atoms with Crippen molar-refractivity contribution in [3.05, 3.63) is 59.7 Å². The van der Waals surface area contributed by atoms with Crippen LogP contribution in [0.4, 0.5) is 5.69 Å². The van der Waals surface area contributed by atoms with Gasteiger partial charge in [-0.3, -0.25) is 9.59 Å². The number of para-hydroxylation sites is 1. The number of benzene rings is 2. The summed E-state index contributed by atoms with van der Waals surface area (Å²) in [5, 5.41) is 2.57. The largest absolute Gasteiger partial charge is 0.452 e. The molecule has 0 saturated heterocycles. The van der Waals surface area contributed by atoms with E-state index in [1.165, 1.54) is 17.3 Å². The minimum Gasteiger partial charge on any atom is -0.452 e. The van der Waals surface area contributed by atoms with Crippen LogP contribution in [-0.2, 0) is 20.7 Å². The standard InChI is InChI=1S/C21H22N2O4S/c1-2-22-19(24)13-27-21(26)16-8-4-6-10-18(16)28-14-20(25)23-12-11-15-7-3-5-9-17(15)23/h3-10H,2,11-14H2,1H3,(H,22,24). The highest BCUT2D eigenvalue weighted by molar-refractivity contribution is 8.00. The van der Waals surface area contributed by atoms with Gasteiger partial charge in [0.1, 0.15) is 0 Å². The molecule has 1 N–H and O–H groups in total. The van der Waals surface area contributed by atoms with Gasteiger partial charge in [-0.2, -0.15) is 0 Å². The Morgan fingerprint density at radius 3 is 2.68 bits per heavy atom. The Bertz CT molecular complexity index is 884. The molecule has 3 rings (SSSR count). The van der Waals surface area contributed by atoms with E-state index in [4.69, 9.17) is 4.74 Å². The van der Waals surface area contributed by atoms with Crippen molar-refractivity contribution in [3.8, 4) is 0 Å². The maximum absolute atomic E-state index is 12.7. The Morgan fingerprint density at radius 1 is 1.11 bits per heavy atom. The molecule has 6 nitrogen and oxygen atoms in total. The fourth-order valence-corrected chi connectivity index (χ4v) is 3.95. The van der Waals surface area contributed by atoms with Gasteiger partial charge < -0.3 is 15.0 Å². The summed E-state index contributed by atoms with van der Waals surface area (Å²) in [4.78, 5) is 38.9. The first-order chi connectivity index (χ1) is 13.6. The molecule has 2 amide bonds. The number of fused-ring (bicyclic) bond motifs is 1. The molecule has 0 radical (unpaired) electrons. The summed E-state index contributed by atoms with van der Waals surface area (Å²) in [6, 6.07) is 14.8. The van der Waals surface area contributed by atoms with Crippen molar-refractivity contribution in [2.24, 2.45) is 0 Å². The number of likely N-dealkylation sites (N-methyl/N-ethyl adjacent to an activating group) is 1. The third-order valence-corrected chi connectivity index (χ3v) is 5.41. The Morgan fingerprint density at radius 2 is 1.86 bits per heavy atom. The number of nitrogens with one attached hydrogen (secondary N) is 1. The smallest absolute Gasteiger partial charge is 0.339 e. The van der Waals surface area contributed by atoms with Gasteiger partial charge in [-0.15, -0.1) is 11.8 Å². The van der Waals surface area contributed by atoms with Crippen LogP contribution in [0.2, 0.25) is 0 Å². The molecule has 146 valence electrons. The van der Waals surface area contributed by atoms with Gasteiger partial charge >= 0.3 is 5.97 Å². The number of hydrogen-bond donors (Lipinski definition) is 1. The van der Waals surface area contributed by atoms with E-state index < -0.39 is 5.97 Å². The van der Waals surface area contributed by atoms with Gasteiger partial charge in [-0.05, 0) is 37.1 Å². The molecule has 0 saturated carbocycles. The molecule has 0 bridgehead atoms. The number of carbonyl (C=O) groups is 3. The number of anilines is 1. The molecular weight excluding hydrogens is 376 g/mol. The van der Waals surface area contributed by atoms with Crippen molar-refractivity contribution in [2.75, 3.05) is 30.3 Å². The Hall–Kier alpha value is -2.80. The SMILES string of the molecule is CCNC(=O)COC(=O)c1ccccc1SCC(=O)N1CCc2ccccc21. The van der Waals surface area contributed by atoms with E-state index in [0.717, 1.165) is 12.1 Å². The van der Waals surface area contributed by atoms with Crippen molar-refractivity contribution in [1.82, 2.24) is 5.32 Å². The van der Waals surface area contributed by atoms with Crippen molar-refractivity contribution >= 4 is 35.2 Å². The van der Waals surface area contributed by atoms with Crippen LogP contribution in [0.1, 0.15) is 22.8 Å². The fraction of sp³-hybridized carbons (Fsp3) is 0.286. The van der Waals surface area contributed by atoms with Gasteiger partial charge in [-0.25, -0.2) is 4.79 Å². The van der Waals surface area contributed by atoms with Crippen molar-refractivity contribution < 1.29 is 19.1 Å². The van der Waals surface area contributed by atoms with Crippen molar-refractivity contribution in [1.29, 1.82) is 0 Å². The molecular formula is C21H22N2O4S. The average molecular weight is 398 g/mol. The lowest BCUT2D eigenvalue weighted by atomic mass is 10.2. The van der Waals surface area contributed by atoms with E-state index in [1.807, 2.05) is 24.3 Å². The van der Waals surface area contributed by atoms with Gasteiger partial charge in [0, 0.05) is 23.7 Å². The summed E-state index contributed by atoms with van der Waals surface area (Å²) in [5.74, 6) is -0.702. The molecule has 28 heavy (non-hydrogen) atoms. The highest BCUT2D eigenvalue weighted by atomic mass is 32.2. The quantitative estimate of drug-likeness (QED) is 0.573. The first-order valence-corrected chi connectivity index (χ1v) is 10.1. The lowest BCUT2D eigenvalue weighted by molar-refractivity contribution is -0.124. The maximum Gasteiger partial charge on any atom is 0.339 e. The van der Waals surface area contributed by atoms with Crippen LogP contribution in [0.5, 0.6) is 0 Å². The number of amides is 2. The molecule has 2 aromatic rings. The number of nitrogens with zero attached hydrogens (tertiary/aromatic N) is 1. The monoisotopic (exact) mass is 398 g/mol. The second-order valence-electron chi connectivity index (χ2n) is 6.24. The Kier molecular flexibility index (Phi) is 6.71. The highest BCUT2D eigenvalue weighted by Crippen LogP contribution is 2.29. The molecule has 1 aliphatic heterocycles. The number of ether oxygens (including phenoxy) is 1. The van der Waals surface area contributed by atoms with E-state index in [-0.39, 0.29) is 24.2 Å². The molecule has 0 unspecified atom stereocenters. The minimum atomic E-state index is -0.576. The fourth-order valence-electron chi connectivity index (χ4n) is 3.03. The van der Waals surface area contributed by atoms with E-state index in [0.29, 0.717) is 23.5 Å². The van der Waals surface area contributed by atoms with Crippen LogP contribution in [0.25, 0.3) is 0 Å². The van der Waals surface area contributed by atoms with E-state index in [2.05, 4.69) is 5.32 Å². The molecule has 0 fully saturated rings. The van der Waals surface area contributed by atoms with E-state index in [1.54, 1.807) is 36.1 Å². The predicted octanol–water partition coefficient (Wildman–Crippen LogP) is 2.66. The van der Waals surface area contributed by atoms with Crippen LogP contribution in [-0.4, -0.2) is 43.2 Å². The highest BCUT2D eigenvalue weighted by Gasteiger charge is 2.24. The molecule has 2 aromatic carbocycles. The number of carbonyl (C=O) groups excluding carboxylic acids is 3. The van der Waals surface area contributed by atoms with Crippen LogP contribution in [0, 0.1) is 0 Å². The Labute approximate surface area is 168 Å². The topological polar surface area (TPSA) is 75.7 Å². The molecule has 1 aliphatic rings. The molecule has 0 atom stereocenters. The molecule has 1 heterocycles. The van der Waals surface area contributed by atoms with Gasteiger partial charge in [0.25, 0.3) is 5.91 Å². The Balaban J connectivity index is 1.61. The molecule has 0 spiro atoms. The number of thioether (sulfide) groups is 1. The van der Waals surface area contributed by atoms with Gasteiger partial charge in [0.05, 0.1) is 11.3 Å². The summed E-state index contributed by atoms with van der Waals surface area (Å²) < 4.78 is 5.08. The van der Waals surface area contributed by atoms with E-state index in [9.17, 15) is 14.4 Å². The lowest BCUT2D eigenvalue weighted by Crippen LogP contribution is -2.30. The number of hydrogen-bond acceptors (Lipinski definition) is 5. The zero-order valence-corrected chi connectivity index (χ0v) is 16.5. The summed E-state index contributed by atoms with van der Waals surface area (Å²) in [6.07, 6.45) is 0.856. The normalized spacial score (nSPS) is 12.4. The second-order valence-corrected chi connectivity index (χ2v) is 7.26. The number of esters is 1. The van der Waals surface area contributed by atoms with Crippen molar-refractivity contribution in [2.45, 2.75) is 18.2 Å². The van der Waals surface area contributed by atoms with E-state index >= 15 is 0 Å². The van der Waals surface area contributed by atoms with Crippen LogP contribution in [0.3, 0.4) is 0 Å². The van der Waals surface area contributed by atoms with Crippen LogP contribution < -0.4 is 10.2 Å². The molecule has 7 heteroatoms. The van der Waals surface area contributed by atoms with Crippen LogP contribution in [0.15, 0.2) is 53.4 Å². The third-order valence-electron chi connectivity index (χ3n) is 4.35. The van der Waals surface area contributed by atoms with Crippen LogP contribution >= 0.6 is 11.8 Å². The van der Waals surface area contributed by atoms with Gasteiger partial charge in [-0.1, -0.05) is 30.3 Å². The summed E-state index contributed by atoms with van der Waals surface area (Å²) in [5.41, 5.74) is 2.49. The lowest BCUT2D eigenvalue weighted by Gasteiger charge is -2.17. The zero-order chi connectivity index (χ0) is 19.9. The molecule has 0 aliphatic carbocycles. The first-order valence-electron chi connectivity index (χ1n) is 9.14. The van der Waals surface area contributed by atoms with Gasteiger partial charge in [0.15, 0.2) is 6.61 Å². The predicted molar refractivity (Wildman–Crippen MR) is 109 cm³/mol. The molecule has 0 aromatic heterocycles. The summed E-state index contributed by atoms with van der Waals surface area (Å²) in [7, 11) is 0. The van der Waals surface area contributed by atoms with Crippen molar-refractivity contribution in [3.63, 3.8) is 0 Å². The third kappa shape index (κ3) is 4.72. The second kappa shape index (κ2) is 9.41. The minimum absolute atomic E-state index is 0.000411. The maximum atomic E-state index is 12.7. The average Bonchev–Trinajstić information content (AvgIpc) is 3.15. The van der Waals surface area contributed by atoms with Gasteiger partial charge in [0.2, 0.25) is 5.91 Å². The zero-order valence-electron chi connectivity index (χ0n) is 15.6. The first kappa shape index (κ1) is 19.9. The number of rotatable bonds is 7.